The summed E-state index contributed by atoms with van der Waals surface area (Å²) in [5.74, 6) is 0. The molecule has 0 unspecified atom stereocenters. The number of hydrogen-bond acceptors (Lipinski definition) is 2. The van der Waals surface area contributed by atoms with Gasteiger partial charge in [-0.1, -0.05) is 152 Å². The summed E-state index contributed by atoms with van der Waals surface area (Å²) in [5, 5.41) is 11.9. The minimum Gasteiger partial charge on any atom is -0.455 e. The minimum atomic E-state index is 0.910. The van der Waals surface area contributed by atoms with Gasteiger partial charge < -0.3 is 13.9 Å². The maximum Gasteiger partial charge on any atom is 0.143 e. The fourth-order valence-electron chi connectivity index (χ4n) is 9.21. The molecule has 2 heterocycles. The summed E-state index contributed by atoms with van der Waals surface area (Å²) >= 11 is 0. The van der Waals surface area contributed by atoms with Crippen LogP contribution in [-0.2, 0) is 0 Å². The smallest absolute Gasteiger partial charge is 0.143 e. The molecule has 2 aromatic heterocycles. The number of anilines is 3. The molecule has 0 aliphatic rings. The summed E-state index contributed by atoms with van der Waals surface area (Å²) in [6.45, 7) is 0. The SMILES string of the molecule is c1ccc(-n2c3ccccc3c3c(N(c4ccc(-c5cccc6c5oc5c7ccccc7ccc65)cc4)c4cc5ccccc5c5ccccc45)cccc32)cc1. The third kappa shape index (κ3) is 4.79. The average Bonchev–Trinajstić information content (AvgIpc) is 3.84. The van der Waals surface area contributed by atoms with Crippen LogP contribution >= 0.6 is 0 Å². The number of furan rings is 1. The van der Waals surface area contributed by atoms with Gasteiger partial charge in [0, 0.05) is 49.3 Å². The van der Waals surface area contributed by atoms with Gasteiger partial charge in [-0.05, 0) is 81.7 Å². The van der Waals surface area contributed by atoms with Crippen LogP contribution in [0.4, 0.5) is 17.1 Å². The Morgan fingerprint density at radius 2 is 1.00 bits per heavy atom. The molecule has 266 valence electrons. The van der Waals surface area contributed by atoms with Crippen LogP contribution in [0, 0.1) is 0 Å². The van der Waals surface area contributed by atoms with Crippen LogP contribution in [0.3, 0.4) is 0 Å². The van der Waals surface area contributed by atoms with Gasteiger partial charge in [-0.15, -0.1) is 0 Å². The van der Waals surface area contributed by atoms with Gasteiger partial charge in [-0.3, -0.25) is 0 Å². The Morgan fingerprint density at radius 1 is 0.368 bits per heavy atom. The van der Waals surface area contributed by atoms with Crippen LogP contribution in [0.5, 0.6) is 0 Å². The molecule has 0 N–H and O–H groups in total. The molecule has 0 bridgehead atoms. The molecule has 12 rings (SSSR count). The summed E-state index contributed by atoms with van der Waals surface area (Å²) in [5.41, 5.74) is 10.8. The number of rotatable bonds is 5. The highest BCUT2D eigenvalue weighted by Gasteiger charge is 2.23. The molecule has 0 amide bonds. The molecular weight excluding hydrogens is 693 g/mol. The fraction of sp³-hybridized carbons (Fsp3) is 0. The molecule has 57 heavy (non-hydrogen) atoms. The number of hydrogen-bond donors (Lipinski definition) is 0. The van der Waals surface area contributed by atoms with E-state index >= 15 is 0 Å². The van der Waals surface area contributed by atoms with Crippen LogP contribution in [-0.4, -0.2) is 4.57 Å². The van der Waals surface area contributed by atoms with Crippen molar-refractivity contribution < 1.29 is 4.42 Å². The van der Waals surface area contributed by atoms with E-state index in [1.165, 1.54) is 43.2 Å². The van der Waals surface area contributed by atoms with E-state index in [1.54, 1.807) is 0 Å². The zero-order chi connectivity index (χ0) is 37.5. The van der Waals surface area contributed by atoms with Gasteiger partial charge in [0.05, 0.1) is 22.4 Å². The van der Waals surface area contributed by atoms with Crippen molar-refractivity contribution in [1.82, 2.24) is 4.57 Å². The molecule has 0 aliphatic heterocycles. The Bertz CT molecular complexity index is 3520. The van der Waals surface area contributed by atoms with E-state index in [4.69, 9.17) is 4.42 Å². The molecule has 0 radical (unpaired) electrons. The van der Waals surface area contributed by atoms with Crippen molar-refractivity contribution in [2.75, 3.05) is 4.90 Å². The highest BCUT2D eigenvalue weighted by Crippen LogP contribution is 2.47. The van der Waals surface area contributed by atoms with Gasteiger partial charge >= 0.3 is 0 Å². The lowest BCUT2D eigenvalue weighted by atomic mass is 9.98. The topological polar surface area (TPSA) is 21.3 Å². The van der Waals surface area contributed by atoms with Gasteiger partial charge in [0.2, 0.25) is 0 Å². The molecule has 0 aliphatic carbocycles. The van der Waals surface area contributed by atoms with E-state index in [-0.39, 0.29) is 0 Å². The first kappa shape index (κ1) is 31.7. The number of benzene rings is 10. The molecule has 0 atom stereocenters. The summed E-state index contributed by atoms with van der Waals surface area (Å²) < 4.78 is 9.17. The number of nitrogens with zero attached hydrogens (tertiary/aromatic N) is 2. The highest BCUT2D eigenvalue weighted by atomic mass is 16.3. The number of para-hydroxylation sites is 3. The van der Waals surface area contributed by atoms with Crippen molar-refractivity contribution >= 4 is 93.1 Å². The number of fused-ring (bicyclic) bond motifs is 11. The van der Waals surface area contributed by atoms with E-state index in [0.29, 0.717) is 0 Å². The summed E-state index contributed by atoms with van der Waals surface area (Å²) in [7, 11) is 0. The summed E-state index contributed by atoms with van der Waals surface area (Å²) in [6.07, 6.45) is 0. The van der Waals surface area contributed by atoms with E-state index in [2.05, 4.69) is 216 Å². The monoisotopic (exact) mass is 726 g/mol. The van der Waals surface area contributed by atoms with Crippen molar-refractivity contribution in [3.63, 3.8) is 0 Å². The van der Waals surface area contributed by atoms with E-state index < -0.39 is 0 Å². The van der Waals surface area contributed by atoms with Crippen LogP contribution in [0.25, 0.3) is 92.9 Å². The van der Waals surface area contributed by atoms with Crippen LogP contribution in [0.2, 0.25) is 0 Å². The predicted molar refractivity (Wildman–Crippen MR) is 241 cm³/mol. The van der Waals surface area contributed by atoms with E-state index in [0.717, 1.165) is 66.7 Å². The van der Waals surface area contributed by atoms with Crippen molar-refractivity contribution in [3.05, 3.63) is 206 Å². The van der Waals surface area contributed by atoms with E-state index in [1.807, 2.05) is 0 Å². The first-order valence-electron chi connectivity index (χ1n) is 19.5. The van der Waals surface area contributed by atoms with Crippen LogP contribution in [0.15, 0.2) is 211 Å². The molecule has 10 aromatic carbocycles. The Hall–Kier alpha value is -7.62. The third-order valence-electron chi connectivity index (χ3n) is 11.7. The molecule has 0 spiro atoms. The molecule has 0 fully saturated rings. The van der Waals surface area contributed by atoms with Gasteiger partial charge in [0.15, 0.2) is 0 Å². The van der Waals surface area contributed by atoms with Gasteiger partial charge in [0.1, 0.15) is 11.2 Å². The lowest BCUT2D eigenvalue weighted by Gasteiger charge is -2.28. The zero-order valence-electron chi connectivity index (χ0n) is 30.9. The molecule has 12 aromatic rings. The largest absolute Gasteiger partial charge is 0.455 e. The Kier molecular flexibility index (Phi) is 6.93. The second-order valence-corrected chi connectivity index (χ2v) is 14.9. The lowest BCUT2D eigenvalue weighted by Crippen LogP contribution is -2.11. The Morgan fingerprint density at radius 3 is 1.84 bits per heavy atom. The molecular formula is C54H34N2O. The average molecular weight is 727 g/mol. The quantitative estimate of drug-likeness (QED) is 0.165. The molecule has 0 saturated carbocycles. The van der Waals surface area contributed by atoms with Crippen LogP contribution in [0.1, 0.15) is 0 Å². The standard InChI is InChI=1S/C54H34N2O/c1-2-16-38(17-3-1)55-48-25-11-10-22-47(48)52-49(55)26-13-27-50(52)56(51-34-37-15-5-6-18-40(37)43-20-8-9-21-44(43)51)39-31-28-36(29-32-39)42-23-12-24-45-46-33-30-35-14-4-7-19-41(35)54(46)57-53(42)45/h1-34H. The predicted octanol–water partition coefficient (Wildman–Crippen LogP) is 15.3. The first-order chi connectivity index (χ1) is 28.3. The third-order valence-corrected chi connectivity index (χ3v) is 11.7. The Balaban J connectivity index is 1.11. The molecule has 0 saturated heterocycles. The second kappa shape index (κ2) is 12.5. The molecule has 3 nitrogen and oxygen atoms in total. The zero-order valence-corrected chi connectivity index (χ0v) is 30.9. The van der Waals surface area contributed by atoms with Gasteiger partial charge in [-0.2, -0.15) is 0 Å². The normalized spacial score (nSPS) is 11.9. The summed E-state index contributed by atoms with van der Waals surface area (Å²) in [6, 6.07) is 74.5. The molecule has 3 heteroatoms. The van der Waals surface area contributed by atoms with Crippen molar-refractivity contribution in [3.8, 4) is 16.8 Å². The van der Waals surface area contributed by atoms with Crippen molar-refractivity contribution in [2.24, 2.45) is 0 Å². The second-order valence-electron chi connectivity index (χ2n) is 14.9. The van der Waals surface area contributed by atoms with Crippen molar-refractivity contribution in [1.29, 1.82) is 0 Å². The van der Waals surface area contributed by atoms with Gasteiger partial charge in [0.25, 0.3) is 0 Å². The minimum absolute atomic E-state index is 0.910. The lowest BCUT2D eigenvalue weighted by molar-refractivity contribution is 0.674. The maximum atomic E-state index is 6.77. The van der Waals surface area contributed by atoms with E-state index in [9.17, 15) is 0 Å². The highest BCUT2D eigenvalue weighted by molar-refractivity contribution is 6.20. The van der Waals surface area contributed by atoms with Crippen molar-refractivity contribution in [2.45, 2.75) is 0 Å². The maximum absolute atomic E-state index is 6.77. The first-order valence-corrected chi connectivity index (χ1v) is 19.5. The van der Waals surface area contributed by atoms with Gasteiger partial charge in [-0.25, -0.2) is 0 Å². The Labute approximate surface area is 328 Å². The number of aromatic nitrogens is 1. The summed E-state index contributed by atoms with van der Waals surface area (Å²) in [4.78, 5) is 2.47. The fourth-order valence-corrected chi connectivity index (χ4v) is 9.21. The van der Waals surface area contributed by atoms with Crippen LogP contribution < -0.4 is 4.90 Å².